The first kappa shape index (κ1) is 15.6. The number of rotatable bonds is 5. The van der Waals surface area contributed by atoms with Crippen molar-refractivity contribution in [2.24, 2.45) is 0 Å². The molecule has 1 amide bonds. The zero-order chi connectivity index (χ0) is 15.4. The van der Waals surface area contributed by atoms with Gasteiger partial charge in [-0.25, -0.2) is 9.07 Å². The Bertz CT molecular complexity index is 622. The van der Waals surface area contributed by atoms with Crippen LogP contribution in [0.1, 0.15) is 25.6 Å². The molecule has 112 valence electrons. The lowest BCUT2D eigenvalue weighted by atomic mass is 10.4. The molecule has 0 radical (unpaired) electrons. The van der Waals surface area contributed by atoms with Crippen LogP contribution < -0.4 is 5.32 Å². The number of hydrogen-bond acceptors (Lipinski definition) is 3. The second-order valence-corrected chi connectivity index (χ2v) is 6.05. The third kappa shape index (κ3) is 4.32. The molecule has 0 aliphatic heterocycles. The molecule has 2 aromatic rings. The summed E-state index contributed by atoms with van der Waals surface area (Å²) in [5.41, 5.74) is 0.866. The van der Waals surface area contributed by atoms with Gasteiger partial charge >= 0.3 is 0 Å². The fourth-order valence-corrected chi connectivity index (χ4v) is 2.56. The molecule has 6 heteroatoms. The first-order valence-electron chi connectivity index (χ1n) is 6.70. The van der Waals surface area contributed by atoms with Gasteiger partial charge in [0.1, 0.15) is 11.6 Å². The third-order valence-electron chi connectivity index (χ3n) is 2.80. The maximum Gasteiger partial charge on any atom is 0.235 e. The minimum atomic E-state index is -0.278. The minimum Gasteiger partial charge on any atom is -0.310 e. The summed E-state index contributed by atoms with van der Waals surface area (Å²) < 4.78 is 14.6. The van der Waals surface area contributed by atoms with Crippen LogP contribution in [-0.2, 0) is 4.79 Å². The van der Waals surface area contributed by atoms with Crippen LogP contribution in [0.25, 0.3) is 0 Å². The van der Waals surface area contributed by atoms with Crippen molar-refractivity contribution < 1.29 is 9.18 Å². The van der Waals surface area contributed by atoms with E-state index in [9.17, 15) is 9.18 Å². The Morgan fingerprint density at radius 2 is 2.05 bits per heavy atom. The van der Waals surface area contributed by atoms with E-state index in [1.165, 1.54) is 23.9 Å². The molecule has 4 nitrogen and oxygen atoms in total. The molecule has 0 saturated heterocycles. The highest BCUT2D eigenvalue weighted by atomic mass is 32.2. The average Bonchev–Trinajstić information content (AvgIpc) is 2.79. The van der Waals surface area contributed by atoms with Crippen molar-refractivity contribution in [3.05, 3.63) is 41.8 Å². The summed E-state index contributed by atoms with van der Waals surface area (Å²) in [6.45, 7) is 5.91. The zero-order valence-corrected chi connectivity index (χ0v) is 13.1. The van der Waals surface area contributed by atoms with E-state index in [-0.39, 0.29) is 23.5 Å². The quantitative estimate of drug-likeness (QED) is 0.858. The fraction of sp³-hybridized carbons (Fsp3) is 0.333. The second-order valence-electron chi connectivity index (χ2n) is 5.00. The molecule has 1 aromatic carbocycles. The molecule has 2 rings (SSSR count). The third-order valence-corrected chi connectivity index (χ3v) is 3.81. The number of carbonyl (C=O) groups excluding carboxylic acids is 1. The molecule has 1 aromatic heterocycles. The van der Waals surface area contributed by atoms with Crippen molar-refractivity contribution in [3.63, 3.8) is 0 Å². The smallest absolute Gasteiger partial charge is 0.235 e. The summed E-state index contributed by atoms with van der Waals surface area (Å²) in [6, 6.07) is 8.12. The van der Waals surface area contributed by atoms with Crippen molar-refractivity contribution in [3.8, 4) is 0 Å². The van der Waals surface area contributed by atoms with Crippen molar-refractivity contribution in [1.82, 2.24) is 9.78 Å². The molecule has 0 aliphatic carbocycles. The Balaban J connectivity index is 1.94. The molecule has 0 fully saturated rings. The lowest BCUT2D eigenvalue weighted by Crippen LogP contribution is -2.18. The van der Waals surface area contributed by atoms with Crippen LogP contribution in [0.3, 0.4) is 0 Å². The molecule has 1 heterocycles. The molecular formula is C15H18FN3OS. The van der Waals surface area contributed by atoms with Gasteiger partial charge in [0.25, 0.3) is 0 Å². The maximum atomic E-state index is 12.8. The van der Waals surface area contributed by atoms with E-state index >= 15 is 0 Å². The van der Waals surface area contributed by atoms with E-state index in [1.54, 1.807) is 16.8 Å². The second kappa shape index (κ2) is 6.76. The van der Waals surface area contributed by atoms with Gasteiger partial charge in [-0.1, -0.05) is 0 Å². The number of carbonyl (C=O) groups is 1. The van der Waals surface area contributed by atoms with Gasteiger partial charge in [-0.05, 0) is 45.0 Å². The highest BCUT2D eigenvalue weighted by Crippen LogP contribution is 2.20. The molecule has 0 aliphatic rings. The van der Waals surface area contributed by atoms with Gasteiger partial charge in [-0.15, -0.1) is 11.8 Å². The van der Waals surface area contributed by atoms with Crippen molar-refractivity contribution in [2.75, 3.05) is 11.1 Å². The van der Waals surface area contributed by atoms with Crippen molar-refractivity contribution in [2.45, 2.75) is 31.7 Å². The molecule has 0 spiro atoms. The van der Waals surface area contributed by atoms with Crippen LogP contribution in [0.15, 0.2) is 35.2 Å². The molecule has 0 saturated carbocycles. The predicted octanol–water partition coefficient (Wildman–Crippen LogP) is 3.64. The minimum absolute atomic E-state index is 0.105. The number of halogens is 1. The highest BCUT2D eigenvalue weighted by Gasteiger charge is 2.11. The van der Waals surface area contributed by atoms with E-state index in [1.807, 2.05) is 26.8 Å². The van der Waals surface area contributed by atoms with Crippen LogP contribution in [0.5, 0.6) is 0 Å². The molecular weight excluding hydrogens is 289 g/mol. The number of amides is 1. The fourth-order valence-electron chi connectivity index (χ4n) is 1.86. The summed E-state index contributed by atoms with van der Waals surface area (Å²) in [5.74, 6) is 0.590. The molecule has 21 heavy (non-hydrogen) atoms. The SMILES string of the molecule is Cc1cc(NC(=O)CSc2ccc(F)cc2)n(C(C)C)n1. The Morgan fingerprint density at radius 3 is 2.67 bits per heavy atom. The number of hydrogen-bond donors (Lipinski definition) is 1. The van der Waals surface area contributed by atoms with Crippen LogP contribution >= 0.6 is 11.8 Å². The molecule has 1 N–H and O–H groups in total. The van der Waals surface area contributed by atoms with E-state index < -0.39 is 0 Å². The van der Waals surface area contributed by atoms with Crippen LogP contribution in [0.2, 0.25) is 0 Å². The van der Waals surface area contributed by atoms with Crippen LogP contribution in [0.4, 0.5) is 10.2 Å². The van der Waals surface area contributed by atoms with Gasteiger partial charge < -0.3 is 5.32 Å². The summed E-state index contributed by atoms with van der Waals surface area (Å²) >= 11 is 1.37. The number of anilines is 1. The van der Waals surface area contributed by atoms with Gasteiger partial charge in [-0.3, -0.25) is 4.79 Å². The van der Waals surface area contributed by atoms with Gasteiger partial charge in [0.15, 0.2) is 0 Å². The topological polar surface area (TPSA) is 46.9 Å². The lowest BCUT2D eigenvalue weighted by Gasteiger charge is -2.11. The number of nitrogens with zero attached hydrogens (tertiary/aromatic N) is 2. The first-order chi connectivity index (χ1) is 9.95. The van der Waals surface area contributed by atoms with E-state index in [0.717, 1.165) is 10.6 Å². The number of benzene rings is 1. The van der Waals surface area contributed by atoms with Gasteiger partial charge in [-0.2, -0.15) is 5.10 Å². The van der Waals surface area contributed by atoms with Crippen molar-refractivity contribution >= 4 is 23.5 Å². The largest absolute Gasteiger partial charge is 0.310 e. The highest BCUT2D eigenvalue weighted by molar-refractivity contribution is 8.00. The van der Waals surface area contributed by atoms with Gasteiger partial charge in [0.2, 0.25) is 5.91 Å². The normalized spacial score (nSPS) is 10.9. The number of aryl methyl sites for hydroxylation is 1. The summed E-state index contributed by atoms with van der Waals surface area (Å²) in [4.78, 5) is 12.9. The monoisotopic (exact) mass is 307 g/mol. The summed E-state index contributed by atoms with van der Waals surface area (Å²) in [7, 11) is 0. The lowest BCUT2D eigenvalue weighted by molar-refractivity contribution is -0.113. The molecule has 0 unspecified atom stereocenters. The maximum absolute atomic E-state index is 12.8. The Hall–Kier alpha value is -1.82. The number of nitrogens with one attached hydrogen (secondary N) is 1. The van der Waals surface area contributed by atoms with Gasteiger partial charge in [0.05, 0.1) is 11.4 Å². The Labute approximate surface area is 127 Å². The summed E-state index contributed by atoms with van der Waals surface area (Å²) in [5, 5.41) is 7.21. The van der Waals surface area contributed by atoms with Gasteiger partial charge in [0, 0.05) is 17.0 Å². The van der Waals surface area contributed by atoms with E-state index in [4.69, 9.17) is 0 Å². The molecule has 0 atom stereocenters. The molecule has 0 bridgehead atoms. The first-order valence-corrected chi connectivity index (χ1v) is 7.68. The van der Waals surface area contributed by atoms with Crippen LogP contribution in [0, 0.1) is 12.7 Å². The number of aromatic nitrogens is 2. The standard InChI is InChI=1S/C15H18FN3OS/c1-10(2)19-14(8-11(3)18-19)17-15(20)9-21-13-6-4-12(16)5-7-13/h4-8,10H,9H2,1-3H3,(H,17,20). The Kier molecular flexibility index (Phi) is 5.01. The number of thioether (sulfide) groups is 1. The Morgan fingerprint density at radius 1 is 1.38 bits per heavy atom. The van der Waals surface area contributed by atoms with E-state index in [2.05, 4.69) is 10.4 Å². The predicted molar refractivity (Wildman–Crippen MR) is 83.1 cm³/mol. The van der Waals surface area contributed by atoms with Crippen molar-refractivity contribution in [1.29, 1.82) is 0 Å². The average molecular weight is 307 g/mol. The zero-order valence-electron chi connectivity index (χ0n) is 12.3. The summed E-state index contributed by atoms with van der Waals surface area (Å²) in [6.07, 6.45) is 0. The van der Waals surface area contributed by atoms with Crippen LogP contribution in [-0.4, -0.2) is 21.4 Å². The van der Waals surface area contributed by atoms with E-state index in [0.29, 0.717) is 5.82 Å².